The van der Waals surface area contributed by atoms with Crippen molar-refractivity contribution >= 4 is 36.0 Å². The molecule has 0 saturated heterocycles. The number of aryl methyl sites for hydroxylation is 1. The third-order valence-electron chi connectivity index (χ3n) is 4.14. The van der Waals surface area contributed by atoms with Gasteiger partial charge in [0.1, 0.15) is 11.9 Å². The first-order valence-electron chi connectivity index (χ1n) is 10.8. The van der Waals surface area contributed by atoms with Crippen molar-refractivity contribution < 1.29 is 13.9 Å². The lowest BCUT2D eigenvalue weighted by Gasteiger charge is -2.19. The van der Waals surface area contributed by atoms with Crippen LogP contribution in [0.1, 0.15) is 45.4 Å². The molecule has 1 aromatic carbocycles. The molecule has 9 heteroatoms. The summed E-state index contributed by atoms with van der Waals surface area (Å²) in [5.74, 6) is 1.37. The summed E-state index contributed by atoms with van der Waals surface area (Å²) in [5.41, 5.74) is 2.57. The van der Waals surface area contributed by atoms with Crippen molar-refractivity contribution in [3.05, 3.63) is 41.8 Å². The normalized spacial score (nSPS) is 11.5. The van der Waals surface area contributed by atoms with Crippen LogP contribution in [0.5, 0.6) is 0 Å². The summed E-state index contributed by atoms with van der Waals surface area (Å²) >= 11 is 0. The first-order valence-corrected chi connectivity index (χ1v) is 10.8. The lowest BCUT2D eigenvalue weighted by atomic mass is 10.1. The minimum atomic E-state index is -0.491. The van der Waals surface area contributed by atoms with Gasteiger partial charge in [0.2, 0.25) is 5.89 Å². The van der Waals surface area contributed by atoms with E-state index in [-0.39, 0.29) is 24.0 Å². The number of carbonyl (C=O) groups is 1. The van der Waals surface area contributed by atoms with E-state index in [1.807, 2.05) is 52.0 Å². The van der Waals surface area contributed by atoms with Crippen LogP contribution in [0.2, 0.25) is 0 Å². The number of halogens is 1. The van der Waals surface area contributed by atoms with Gasteiger partial charge in [0.25, 0.3) is 0 Å². The standard InChI is InChI=1S/C23H35N5O3.HI/c1-6-24-21(25-13-7-14-27-22(29)31-23(3,4)5)26-15-12-19-16-30-20(28-19)18-10-8-17(2)9-11-18;/h8-11,16H,6-7,12-15H2,1-5H3,(H,27,29)(H2,24,25,26);1H. The molecule has 0 aliphatic heterocycles. The van der Waals surface area contributed by atoms with Gasteiger partial charge in [-0.2, -0.15) is 0 Å². The summed E-state index contributed by atoms with van der Waals surface area (Å²) in [6.45, 7) is 12.1. The molecule has 0 aliphatic rings. The van der Waals surface area contributed by atoms with Gasteiger partial charge in [0.05, 0.1) is 5.69 Å². The lowest BCUT2D eigenvalue weighted by Crippen LogP contribution is -2.38. The SMILES string of the molecule is CCNC(=NCCCNC(=O)OC(C)(C)C)NCCc1coc(-c2ccc(C)cc2)n1.I. The fourth-order valence-electron chi connectivity index (χ4n) is 2.68. The van der Waals surface area contributed by atoms with Crippen LogP contribution in [-0.2, 0) is 11.2 Å². The Morgan fingerprint density at radius 2 is 1.84 bits per heavy atom. The van der Waals surface area contributed by atoms with E-state index in [0.717, 1.165) is 36.6 Å². The molecule has 2 rings (SSSR count). The second-order valence-electron chi connectivity index (χ2n) is 8.23. The van der Waals surface area contributed by atoms with Gasteiger partial charge in [-0.25, -0.2) is 9.78 Å². The maximum atomic E-state index is 11.6. The largest absolute Gasteiger partial charge is 0.444 e. The molecule has 3 N–H and O–H groups in total. The van der Waals surface area contributed by atoms with Crippen LogP contribution in [0.15, 0.2) is 39.9 Å². The van der Waals surface area contributed by atoms with Crippen molar-refractivity contribution in [3.8, 4) is 11.5 Å². The van der Waals surface area contributed by atoms with Gasteiger partial charge < -0.3 is 25.1 Å². The van der Waals surface area contributed by atoms with Crippen LogP contribution >= 0.6 is 24.0 Å². The monoisotopic (exact) mass is 557 g/mol. The average molecular weight is 557 g/mol. The summed E-state index contributed by atoms with van der Waals surface area (Å²) in [6, 6.07) is 8.11. The molecule has 2 aromatic rings. The van der Waals surface area contributed by atoms with E-state index in [9.17, 15) is 4.79 Å². The third-order valence-corrected chi connectivity index (χ3v) is 4.14. The molecule has 0 radical (unpaired) electrons. The second-order valence-corrected chi connectivity index (χ2v) is 8.23. The fourth-order valence-corrected chi connectivity index (χ4v) is 2.68. The minimum Gasteiger partial charge on any atom is -0.444 e. The van der Waals surface area contributed by atoms with Gasteiger partial charge in [0, 0.05) is 38.2 Å². The molecule has 0 saturated carbocycles. The van der Waals surface area contributed by atoms with Gasteiger partial charge in [-0.15, -0.1) is 24.0 Å². The topological polar surface area (TPSA) is 101 Å². The number of rotatable bonds is 9. The molecule has 0 atom stereocenters. The Morgan fingerprint density at radius 3 is 2.50 bits per heavy atom. The van der Waals surface area contributed by atoms with E-state index in [2.05, 4.69) is 32.9 Å². The Labute approximate surface area is 208 Å². The van der Waals surface area contributed by atoms with Gasteiger partial charge in [-0.3, -0.25) is 4.99 Å². The van der Waals surface area contributed by atoms with E-state index < -0.39 is 11.7 Å². The van der Waals surface area contributed by atoms with Crippen LogP contribution in [0.4, 0.5) is 4.79 Å². The smallest absolute Gasteiger partial charge is 0.407 e. The van der Waals surface area contributed by atoms with E-state index in [0.29, 0.717) is 25.5 Å². The van der Waals surface area contributed by atoms with Crippen molar-refractivity contribution in [1.82, 2.24) is 20.9 Å². The predicted octanol–water partition coefficient (Wildman–Crippen LogP) is 4.28. The molecule has 0 aliphatic carbocycles. The number of ether oxygens (including phenoxy) is 1. The van der Waals surface area contributed by atoms with Crippen LogP contribution < -0.4 is 16.0 Å². The van der Waals surface area contributed by atoms with Crippen LogP contribution in [0.3, 0.4) is 0 Å². The number of guanidine groups is 1. The number of amides is 1. The Balaban J connectivity index is 0.00000512. The first-order chi connectivity index (χ1) is 14.8. The molecule has 0 spiro atoms. The number of benzene rings is 1. The number of alkyl carbamates (subject to hydrolysis) is 1. The second kappa shape index (κ2) is 14.0. The predicted molar refractivity (Wildman–Crippen MR) is 139 cm³/mol. The number of hydrogen-bond donors (Lipinski definition) is 3. The first kappa shape index (κ1) is 27.7. The average Bonchev–Trinajstić information content (AvgIpc) is 3.15. The third kappa shape index (κ3) is 10.8. The van der Waals surface area contributed by atoms with Gasteiger partial charge >= 0.3 is 6.09 Å². The van der Waals surface area contributed by atoms with E-state index in [1.54, 1.807) is 6.26 Å². The quantitative estimate of drug-likeness (QED) is 0.184. The number of hydrogen-bond acceptors (Lipinski definition) is 5. The molecule has 0 unspecified atom stereocenters. The van der Waals surface area contributed by atoms with E-state index >= 15 is 0 Å². The van der Waals surface area contributed by atoms with Gasteiger partial charge in [0.15, 0.2) is 5.96 Å². The van der Waals surface area contributed by atoms with Crippen molar-refractivity contribution in [2.75, 3.05) is 26.2 Å². The van der Waals surface area contributed by atoms with Crippen molar-refractivity contribution in [2.24, 2.45) is 4.99 Å². The molecule has 178 valence electrons. The number of oxazole rings is 1. The Morgan fingerprint density at radius 1 is 1.12 bits per heavy atom. The highest BCUT2D eigenvalue weighted by molar-refractivity contribution is 14.0. The zero-order valence-corrected chi connectivity index (χ0v) is 22.0. The van der Waals surface area contributed by atoms with Gasteiger partial charge in [-0.05, 0) is 53.2 Å². The van der Waals surface area contributed by atoms with Gasteiger partial charge in [-0.1, -0.05) is 17.7 Å². The zero-order valence-electron chi connectivity index (χ0n) is 19.7. The fraction of sp³-hybridized carbons (Fsp3) is 0.522. The van der Waals surface area contributed by atoms with E-state index in [4.69, 9.17) is 9.15 Å². The lowest BCUT2D eigenvalue weighted by molar-refractivity contribution is 0.0527. The van der Waals surface area contributed by atoms with Crippen molar-refractivity contribution in [2.45, 2.75) is 53.1 Å². The number of aromatic nitrogens is 1. The zero-order chi connectivity index (χ0) is 22.7. The summed E-state index contributed by atoms with van der Waals surface area (Å²) in [6.07, 6.45) is 2.74. The minimum absolute atomic E-state index is 0. The molecule has 1 aromatic heterocycles. The molecular formula is C23H36IN5O3. The van der Waals surface area contributed by atoms with Crippen LogP contribution in [0, 0.1) is 6.92 Å². The Bertz CT molecular complexity index is 844. The Kier molecular flexibility index (Phi) is 12.1. The summed E-state index contributed by atoms with van der Waals surface area (Å²) in [4.78, 5) is 20.7. The summed E-state index contributed by atoms with van der Waals surface area (Å²) < 4.78 is 10.8. The van der Waals surface area contributed by atoms with Crippen molar-refractivity contribution in [3.63, 3.8) is 0 Å². The summed E-state index contributed by atoms with van der Waals surface area (Å²) in [7, 11) is 0. The molecule has 8 nitrogen and oxygen atoms in total. The molecule has 0 fully saturated rings. The number of carbonyl (C=O) groups excluding carboxylic acids is 1. The number of nitrogens with zero attached hydrogens (tertiary/aromatic N) is 2. The molecule has 1 heterocycles. The van der Waals surface area contributed by atoms with Crippen molar-refractivity contribution in [1.29, 1.82) is 0 Å². The molecule has 0 bridgehead atoms. The molecule has 32 heavy (non-hydrogen) atoms. The molecule has 1 amide bonds. The summed E-state index contributed by atoms with van der Waals surface area (Å²) in [5, 5.41) is 9.26. The van der Waals surface area contributed by atoms with E-state index in [1.165, 1.54) is 5.56 Å². The van der Waals surface area contributed by atoms with Crippen LogP contribution in [0.25, 0.3) is 11.5 Å². The maximum absolute atomic E-state index is 11.6. The van der Waals surface area contributed by atoms with Crippen LogP contribution in [-0.4, -0.2) is 48.8 Å². The highest BCUT2D eigenvalue weighted by atomic mass is 127. The maximum Gasteiger partial charge on any atom is 0.407 e. The number of aliphatic imine (C=N–C) groups is 1. The highest BCUT2D eigenvalue weighted by Gasteiger charge is 2.15. The highest BCUT2D eigenvalue weighted by Crippen LogP contribution is 2.19. The molecular weight excluding hydrogens is 521 g/mol. The Hall–Kier alpha value is -2.30. The number of nitrogens with one attached hydrogen (secondary N) is 3.